The van der Waals surface area contributed by atoms with Crippen LogP contribution in [0.15, 0.2) is 24.3 Å². The van der Waals surface area contributed by atoms with E-state index in [1.807, 2.05) is 0 Å². The van der Waals surface area contributed by atoms with E-state index in [0.717, 1.165) is 64.6 Å². The van der Waals surface area contributed by atoms with Crippen LogP contribution in [0.25, 0.3) is 0 Å². The molecule has 25 heteroatoms. The smallest absolute Gasteiger partial charge is 0.250 e. The predicted molar refractivity (Wildman–Crippen MR) is 261 cm³/mol. The Labute approximate surface area is 427 Å². The van der Waals surface area contributed by atoms with Crippen molar-refractivity contribution in [2.24, 2.45) is 11.3 Å². The van der Waals surface area contributed by atoms with Gasteiger partial charge in [0.25, 0.3) is 0 Å². The van der Waals surface area contributed by atoms with Crippen LogP contribution in [0.3, 0.4) is 0 Å². The van der Waals surface area contributed by atoms with Gasteiger partial charge < -0.3 is 30.2 Å². The lowest BCUT2D eigenvalue weighted by molar-refractivity contribution is -0.155. The van der Waals surface area contributed by atoms with Gasteiger partial charge in [0.15, 0.2) is 38.8 Å². The van der Waals surface area contributed by atoms with Crippen molar-refractivity contribution >= 4 is 121 Å². The van der Waals surface area contributed by atoms with Crippen molar-refractivity contribution < 1.29 is 81.3 Å². The molecule has 2 atom stereocenters. The largest absolute Gasteiger partial charge is 0.379 e. The molecule has 3 fully saturated rings. The quantitative estimate of drug-likeness (QED) is 0.0211. The Morgan fingerprint density at radius 1 is 0.764 bits per heavy atom. The monoisotopic (exact) mass is 1060 g/mol. The molecular weight excluding hydrogens is 1000 g/mol. The number of rotatable bonds is 35. The highest BCUT2D eigenvalue weighted by Gasteiger charge is 2.57. The fourth-order valence-electron chi connectivity index (χ4n) is 7.63. The zero-order valence-corrected chi connectivity index (χ0v) is 42.9. The highest BCUT2D eigenvalue weighted by atomic mass is 33.2. The third-order valence-corrected chi connectivity index (χ3v) is 16.1. The summed E-state index contributed by atoms with van der Waals surface area (Å²) in [7, 11) is 2.27. The van der Waals surface area contributed by atoms with Gasteiger partial charge in [0.05, 0.1) is 37.6 Å². The first-order valence-corrected chi connectivity index (χ1v) is 26.3. The van der Waals surface area contributed by atoms with Crippen LogP contribution in [0.2, 0.25) is 0 Å². The number of imide groups is 2. The fraction of sp³-hybridized carbons (Fsp3) is 0.574. The van der Waals surface area contributed by atoms with E-state index in [0.29, 0.717) is 25.1 Å². The summed E-state index contributed by atoms with van der Waals surface area (Å²) in [6.45, 7) is 2.97. The summed E-state index contributed by atoms with van der Waals surface area (Å²) in [5.74, 6) is -8.76. The van der Waals surface area contributed by atoms with Crippen LogP contribution in [-0.2, 0) is 87.8 Å². The first-order valence-electron chi connectivity index (χ1n) is 23.1. The number of nitrogens with zero attached hydrogens (tertiary/aromatic N) is 2. The molecule has 0 bridgehead atoms. The summed E-state index contributed by atoms with van der Waals surface area (Å²) >= 11 is 1.08. The number of hydrogen-bond acceptors (Lipinski definition) is 20. The number of hydrogen-bond donors (Lipinski definition) is 3. The topological polar surface area (TPSA) is 309 Å². The molecule has 72 heavy (non-hydrogen) atoms. The normalized spacial score (nSPS) is 16.3. The van der Waals surface area contributed by atoms with Gasteiger partial charge in [0.2, 0.25) is 46.8 Å². The van der Waals surface area contributed by atoms with E-state index in [4.69, 9.17) is 14.2 Å². The second kappa shape index (κ2) is 28.1. The third-order valence-electron chi connectivity index (χ3n) is 11.8. The standard InChI is InChI=1S/C47H59N5O17S3/c1-28(53)46(29(2)54,30(3)55)37(58)13-18-67-20-21-68-19-15-48-44(65)33(23-35(57)14-22-70-36-24-43(64)52(45(36)66)16-11-38(59)47(31(4)56)71-72-47)25-49-39(60)26-69-27-40(61)50-34-8-5-32(6-9-34)7-10-41(62)51-17-12-42(51)63/h5-6,8-9,33,36H,7,10-27H2,1-4H3,(H,48,65)(H,49,60)(H,50,61)/t33-,36?/m1/s1. The van der Waals surface area contributed by atoms with Gasteiger partial charge in [-0.1, -0.05) is 33.7 Å². The van der Waals surface area contributed by atoms with E-state index >= 15 is 0 Å². The second-order valence-corrected chi connectivity index (χ2v) is 21.1. The molecule has 3 aliphatic heterocycles. The average Bonchev–Trinajstić information content (AvgIpc) is 4.09. The molecular formula is C47H59N5O17S3. The molecule has 22 nitrogen and oxygen atoms in total. The van der Waals surface area contributed by atoms with E-state index in [2.05, 4.69) is 16.0 Å². The van der Waals surface area contributed by atoms with E-state index in [1.54, 1.807) is 24.3 Å². The molecule has 3 saturated heterocycles. The van der Waals surface area contributed by atoms with Gasteiger partial charge in [-0.2, -0.15) is 0 Å². The van der Waals surface area contributed by atoms with E-state index in [1.165, 1.54) is 11.8 Å². The summed E-state index contributed by atoms with van der Waals surface area (Å²) in [4.78, 5) is 177. The lowest BCUT2D eigenvalue weighted by Gasteiger charge is -2.28. The molecule has 3 aliphatic rings. The Morgan fingerprint density at radius 3 is 1.99 bits per heavy atom. The number of aryl methyl sites for hydroxylation is 1. The van der Waals surface area contributed by atoms with Crippen molar-refractivity contribution in [3.05, 3.63) is 29.8 Å². The average molecular weight is 1060 g/mol. The Kier molecular flexibility index (Phi) is 23.1. The number of β-lactam (4-membered cyclic amide) rings is 1. The number of benzene rings is 1. The maximum absolute atomic E-state index is 13.3. The van der Waals surface area contributed by atoms with E-state index in [-0.39, 0.29) is 120 Å². The molecule has 0 aliphatic carbocycles. The molecule has 0 aromatic heterocycles. The maximum atomic E-state index is 13.3. The van der Waals surface area contributed by atoms with Gasteiger partial charge in [0.1, 0.15) is 19.0 Å². The minimum atomic E-state index is -2.36. The number of anilines is 1. The van der Waals surface area contributed by atoms with Crippen molar-refractivity contribution in [3.8, 4) is 0 Å². The van der Waals surface area contributed by atoms with Crippen molar-refractivity contribution in [2.45, 2.75) is 88.4 Å². The van der Waals surface area contributed by atoms with Crippen molar-refractivity contribution in [2.75, 3.05) is 76.9 Å². The molecule has 1 aromatic rings. The third kappa shape index (κ3) is 16.5. The Bertz CT molecular complexity index is 2270. The van der Waals surface area contributed by atoms with Crippen LogP contribution in [0.5, 0.6) is 0 Å². The van der Waals surface area contributed by atoms with Crippen LogP contribution >= 0.6 is 33.3 Å². The first-order chi connectivity index (χ1) is 34.1. The number of ether oxygens (including phenoxy) is 3. The molecule has 0 radical (unpaired) electrons. The van der Waals surface area contributed by atoms with Crippen molar-refractivity contribution in [1.29, 1.82) is 0 Å². The number of carbonyl (C=O) groups is 14. The number of thioether (sulfide) groups is 1. The van der Waals surface area contributed by atoms with E-state index < -0.39 is 86.5 Å². The van der Waals surface area contributed by atoms with Crippen LogP contribution in [0.1, 0.15) is 78.2 Å². The van der Waals surface area contributed by atoms with Crippen LogP contribution in [-0.4, -0.2) is 173 Å². The van der Waals surface area contributed by atoms with E-state index in [9.17, 15) is 67.1 Å². The number of nitrogens with one attached hydrogen (secondary N) is 3. The summed E-state index contributed by atoms with van der Waals surface area (Å²) in [6.07, 6.45) is -0.136. The zero-order chi connectivity index (χ0) is 53.2. The van der Waals surface area contributed by atoms with Gasteiger partial charge in [-0.05, 0) is 51.8 Å². The molecule has 1 aromatic carbocycles. The number of likely N-dealkylation sites (tertiary alicyclic amines) is 2. The van der Waals surface area contributed by atoms with Gasteiger partial charge in [-0.25, -0.2) is 0 Å². The molecule has 3 N–H and O–H groups in total. The minimum Gasteiger partial charge on any atom is -0.379 e. The summed E-state index contributed by atoms with van der Waals surface area (Å²) < 4.78 is 14.9. The van der Waals surface area contributed by atoms with Crippen molar-refractivity contribution in [3.63, 3.8) is 0 Å². The lowest BCUT2D eigenvalue weighted by Crippen LogP contribution is -2.50. The number of carbonyl (C=O) groups excluding carboxylic acids is 14. The number of ketones is 7. The molecule has 7 amide bonds. The molecule has 4 rings (SSSR count). The predicted octanol–water partition coefficient (Wildman–Crippen LogP) is 0.777. The van der Waals surface area contributed by atoms with Crippen LogP contribution < -0.4 is 16.0 Å². The first kappa shape index (κ1) is 59.1. The van der Waals surface area contributed by atoms with Gasteiger partial charge >= 0.3 is 0 Å². The SMILES string of the molecule is CC(=O)C1(C(=O)CCN2C(=O)CC(SCCC(=O)C[C@H](CNC(=O)COCC(=O)Nc3ccc(CCC(=O)N4CCC4=O)cc3)C(=O)NCCOCCOCCC(=O)C(C(C)=O)(C(C)=O)C(C)=O)C2=O)SS1. The number of amides is 7. The summed E-state index contributed by atoms with van der Waals surface area (Å²) in [6, 6.07) is 6.71. The highest BCUT2D eigenvalue weighted by molar-refractivity contribution is 8.94. The number of Topliss-reactive ketones (excluding diaryl/α,β-unsaturated/α-hetero) is 7. The van der Waals surface area contributed by atoms with Gasteiger partial charge in [-0.15, -0.1) is 11.8 Å². The second-order valence-electron chi connectivity index (χ2n) is 17.0. The van der Waals surface area contributed by atoms with Crippen LogP contribution in [0.4, 0.5) is 5.69 Å². The van der Waals surface area contributed by atoms with Crippen LogP contribution in [0, 0.1) is 11.3 Å². The molecule has 1 unspecified atom stereocenters. The molecule has 0 spiro atoms. The minimum absolute atomic E-state index is 0.0121. The highest BCUT2D eigenvalue weighted by Crippen LogP contribution is 2.66. The zero-order valence-electron chi connectivity index (χ0n) is 40.5. The fourth-order valence-corrected chi connectivity index (χ4v) is 11.0. The Hall–Kier alpha value is -5.47. The Balaban J connectivity index is 1.20. The Morgan fingerprint density at radius 2 is 1.40 bits per heavy atom. The summed E-state index contributed by atoms with van der Waals surface area (Å²) in [5.41, 5.74) is -1.10. The molecule has 392 valence electrons. The van der Waals surface area contributed by atoms with Gasteiger partial charge in [-0.3, -0.25) is 76.9 Å². The molecule has 0 saturated carbocycles. The lowest BCUT2D eigenvalue weighted by atomic mass is 9.72. The maximum Gasteiger partial charge on any atom is 0.250 e. The summed E-state index contributed by atoms with van der Waals surface area (Å²) in [5, 5.41) is 7.02. The molecule has 3 heterocycles. The van der Waals surface area contributed by atoms with Gasteiger partial charge in [0, 0.05) is 82.6 Å². The van der Waals surface area contributed by atoms with Crippen molar-refractivity contribution in [1.82, 2.24) is 20.4 Å².